The second-order valence-electron chi connectivity index (χ2n) is 20.1. The average molecular weight is 1040 g/mol. The highest BCUT2D eigenvalue weighted by atomic mass is 32.2. The zero-order chi connectivity index (χ0) is 52.0. The van der Waals surface area contributed by atoms with E-state index in [1.54, 1.807) is 0 Å². The summed E-state index contributed by atoms with van der Waals surface area (Å²) < 4.78 is 76.0. The Morgan fingerprint density at radius 3 is 2.12 bits per heavy atom. The van der Waals surface area contributed by atoms with Crippen molar-refractivity contribution in [2.45, 2.75) is 56.3 Å². The molecule has 5 aliphatic rings. The molecule has 380 valence electrons. The van der Waals surface area contributed by atoms with Crippen molar-refractivity contribution in [1.82, 2.24) is 0 Å². The third-order valence-corrected chi connectivity index (χ3v) is 17.1. The van der Waals surface area contributed by atoms with E-state index in [0.29, 0.717) is 53.3 Å². The van der Waals surface area contributed by atoms with Gasteiger partial charge >= 0.3 is 0 Å². The molecule has 6 N–H and O–H groups in total. The molecule has 1 heterocycles. The van der Waals surface area contributed by atoms with Gasteiger partial charge in [0.25, 0.3) is 20.2 Å². The standard InChI is InChI=1S/C60H53N3O10S2/c1-35-40(25-21-36-13-11-19-50(52(35)36)61-59(2)46-17-5-3-15-41(46)43-27-23-38(33-48(43)59)72-29-7-9-31-74(66,67)68)54-57(64)55(58(54)65)45-26-22-37-14-12-20-51-53(37)56(45)63-60(62-51)47-18-6-4-16-42(47)44-28-24-39(34-49(44)60)73-30-8-10-32-75(69,70)71/h3-6,11-28,33,39,61-64H,1,7-10,29-32,34H2,2H3,(H,66,67,68)(H,69,70,71)/b54-40-. The van der Waals surface area contributed by atoms with Gasteiger partial charge in [0, 0.05) is 46.3 Å². The van der Waals surface area contributed by atoms with E-state index >= 15 is 0 Å². The Kier molecular flexibility index (Phi) is 11.7. The fraction of sp³-hybridized carbons (Fsp3) is 0.217. The van der Waals surface area contributed by atoms with E-state index in [0.717, 1.165) is 77.4 Å². The number of hydrogen-bond donors (Lipinski definition) is 6. The summed E-state index contributed by atoms with van der Waals surface area (Å²) in [5.74, 6) is -0.453. The molecule has 0 amide bonds. The number of ether oxygens (including phenoxy) is 2. The summed E-state index contributed by atoms with van der Waals surface area (Å²) in [4.78, 5) is 15.0. The molecule has 15 heteroatoms. The van der Waals surface area contributed by atoms with Crippen molar-refractivity contribution in [3.8, 4) is 16.9 Å². The molecule has 0 saturated heterocycles. The lowest BCUT2D eigenvalue weighted by Crippen LogP contribution is -2.47. The van der Waals surface area contributed by atoms with Gasteiger partial charge in [0.1, 0.15) is 11.5 Å². The van der Waals surface area contributed by atoms with E-state index < -0.39 is 31.4 Å². The summed E-state index contributed by atoms with van der Waals surface area (Å²) in [5.41, 5.74) is 9.83. The van der Waals surface area contributed by atoms with Crippen LogP contribution >= 0.6 is 0 Å². The summed E-state index contributed by atoms with van der Waals surface area (Å²) in [5, 5.41) is 28.6. The molecule has 0 bridgehead atoms. The highest BCUT2D eigenvalue weighted by Crippen LogP contribution is 2.56. The summed E-state index contributed by atoms with van der Waals surface area (Å²) in [6.45, 7) is 7.30. The number of aliphatic hydroxyl groups is 1. The number of carbonyl (C=O) groups excluding carboxylic acids is 1. The zero-order valence-corrected chi connectivity index (χ0v) is 42.6. The molecule has 12 rings (SSSR count). The number of ketones is 1. The molecule has 7 aromatic rings. The van der Waals surface area contributed by atoms with Crippen LogP contribution in [-0.2, 0) is 41.0 Å². The Labute approximate surface area is 434 Å². The number of unbranched alkanes of at least 4 members (excludes halogenated alkanes) is 2. The SMILES string of the molecule is C=c1/c(=C2\C(=O)C(c3ccc4cccc5c4c3NC3(N5)C4=C(C=CC(OCCCCS(=O)(=O)O)C4)c4ccccc43)=C2O)ccc2cccc(NC3(C)c4ccccc4-c4ccc(OCCCCS(=O)(=O)O)cc43)c12. The number of hydrogen-bond acceptors (Lipinski definition) is 11. The van der Waals surface area contributed by atoms with Crippen LogP contribution in [0, 0.1) is 0 Å². The van der Waals surface area contributed by atoms with Crippen molar-refractivity contribution in [2.75, 3.05) is 40.7 Å². The fourth-order valence-corrected chi connectivity index (χ4v) is 13.1. The van der Waals surface area contributed by atoms with Gasteiger partial charge in [0.2, 0.25) is 5.78 Å². The van der Waals surface area contributed by atoms with Crippen molar-refractivity contribution in [3.05, 3.63) is 189 Å². The lowest BCUT2D eigenvalue weighted by Gasteiger charge is -2.43. The number of aliphatic hydroxyl groups excluding tert-OH is 1. The maximum atomic E-state index is 15.0. The van der Waals surface area contributed by atoms with Gasteiger partial charge in [0.05, 0.1) is 46.6 Å². The first kappa shape index (κ1) is 48.4. The number of carbonyl (C=O) groups is 1. The van der Waals surface area contributed by atoms with Gasteiger partial charge in [-0.2, -0.15) is 16.8 Å². The van der Waals surface area contributed by atoms with Crippen LogP contribution in [0.1, 0.15) is 66.8 Å². The minimum absolute atomic E-state index is 0.122. The molecule has 75 heavy (non-hydrogen) atoms. The molecule has 3 unspecified atom stereocenters. The Morgan fingerprint density at radius 1 is 0.693 bits per heavy atom. The largest absolute Gasteiger partial charge is 0.506 e. The van der Waals surface area contributed by atoms with E-state index in [2.05, 4.69) is 59.8 Å². The molecule has 4 aliphatic carbocycles. The first-order chi connectivity index (χ1) is 36.0. The number of benzene rings is 7. The second kappa shape index (κ2) is 18.1. The Bertz CT molecular complexity index is 4070. The van der Waals surface area contributed by atoms with Crippen LogP contribution in [0.15, 0.2) is 151 Å². The van der Waals surface area contributed by atoms with E-state index in [4.69, 9.17) is 9.47 Å². The van der Waals surface area contributed by atoms with Crippen LogP contribution in [0.3, 0.4) is 0 Å². The number of anilines is 3. The van der Waals surface area contributed by atoms with E-state index in [1.807, 2.05) is 109 Å². The van der Waals surface area contributed by atoms with E-state index in [-0.39, 0.29) is 59.7 Å². The van der Waals surface area contributed by atoms with Crippen LogP contribution in [-0.4, -0.2) is 67.7 Å². The molecule has 3 atom stereocenters. The number of rotatable bonds is 15. The van der Waals surface area contributed by atoms with Crippen LogP contribution in [0.4, 0.5) is 17.1 Å². The topological polar surface area (TPSA) is 201 Å². The third kappa shape index (κ3) is 8.21. The molecular weight excluding hydrogens is 987 g/mol. The fourth-order valence-electron chi connectivity index (χ4n) is 12.0. The lowest BCUT2D eigenvalue weighted by molar-refractivity contribution is -0.109. The lowest BCUT2D eigenvalue weighted by atomic mass is 9.79. The van der Waals surface area contributed by atoms with Crippen molar-refractivity contribution < 1.29 is 45.3 Å². The predicted octanol–water partition coefficient (Wildman–Crippen LogP) is 9.98. The van der Waals surface area contributed by atoms with Crippen LogP contribution in [0.5, 0.6) is 5.75 Å². The van der Waals surface area contributed by atoms with E-state index in [1.165, 1.54) is 0 Å². The highest BCUT2D eigenvalue weighted by molar-refractivity contribution is 7.86. The number of allylic oxidation sites excluding steroid dienone is 4. The van der Waals surface area contributed by atoms with Crippen LogP contribution in [0.25, 0.3) is 56.0 Å². The maximum absolute atomic E-state index is 15.0. The monoisotopic (exact) mass is 1040 g/mol. The van der Waals surface area contributed by atoms with Crippen molar-refractivity contribution in [1.29, 1.82) is 0 Å². The summed E-state index contributed by atoms with van der Waals surface area (Å²) >= 11 is 0. The second-order valence-corrected chi connectivity index (χ2v) is 23.2. The van der Waals surface area contributed by atoms with Gasteiger partial charge < -0.3 is 30.5 Å². The van der Waals surface area contributed by atoms with Crippen molar-refractivity contribution >= 4 is 87.9 Å². The van der Waals surface area contributed by atoms with Gasteiger partial charge in [-0.25, -0.2) is 0 Å². The molecule has 1 spiro atoms. The number of fused-ring (bicyclic) bond motifs is 8. The normalized spacial score (nSPS) is 20.9. The maximum Gasteiger partial charge on any atom is 0.264 e. The highest BCUT2D eigenvalue weighted by Gasteiger charge is 2.50. The summed E-state index contributed by atoms with van der Waals surface area (Å²) in [6.07, 6.45) is 5.77. The number of nitrogens with one attached hydrogen (secondary N) is 3. The number of Topliss-reactive ketones (excluding diaryl/α,β-unsaturated/α-hetero) is 1. The van der Waals surface area contributed by atoms with Gasteiger partial charge in [-0.3, -0.25) is 13.9 Å². The average Bonchev–Trinajstić information content (AvgIpc) is 3.89. The molecular formula is C60H53N3O10S2. The third-order valence-electron chi connectivity index (χ3n) is 15.4. The van der Waals surface area contributed by atoms with Gasteiger partial charge in [-0.05, 0) is 117 Å². The molecule has 0 radical (unpaired) electrons. The molecule has 0 saturated carbocycles. The van der Waals surface area contributed by atoms with Gasteiger partial charge in [0.15, 0.2) is 5.66 Å². The van der Waals surface area contributed by atoms with Crippen LogP contribution in [0.2, 0.25) is 0 Å². The molecule has 13 nitrogen and oxygen atoms in total. The Hall–Kier alpha value is -7.53. The van der Waals surface area contributed by atoms with Gasteiger partial charge in [-0.1, -0.05) is 122 Å². The Balaban J connectivity index is 0.903. The minimum Gasteiger partial charge on any atom is -0.506 e. The van der Waals surface area contributed by atoms with Crippen LogP contribution < -0.4 is 31.1 Å². The molecule has 7 aromatic carbocycles. The molecule has 0 aromatic heterocycles. The molecule has 1 aliphatic heterocycles. The quantitative estimate of drug-likeness (QED) is 0.0419. The first-order valence-electron chi connectivity index (χ1n) is 25.1. The smallest absolute Gasteiger partial charge is 0.264 e. The van der Waals surface area contributed by atoms with Gasteiger partial charge in [-0.15, -0.1) is 0 Å². The summed E-state index contributed by atoms with van der Waals surface area (Å²) in [6, 6.07) is 42.1. The van der Waals surface area contributed by atoms with Crippen molar-refractivity contribution in [2.24, 2.45) is 0 Å². The minimum atomic E-state index is -4.06. The Morgan fingerprint density at radius 2 is 1.36 bits per heavy atom. The van der Waals surface area contributed by atoms with E-state index in [9.17, 15) is 35.8 Å². The molecule has 0 fully saturated rings. The first-order valence-corrected chi connectivity index (χ1v) is 28.3. The van der Waals surface area contributed by atoms with Crippen molar-refractivity contribution in [3.63, 3.8) is 0 Å². The predicted molar refractivity (Wildman–Crippen MR) is 295 cm³/mol. The summed E-state index contributed by atoms with van der Waals surface area (Å²) in [7, 11) is -8.11. The zero-order valence-electron chi connectivity index (χ0n) is 40.9.